The number of likely N-dealkylation sites (tertiary alicyclic amines) is 1. The number of fused-ring (bicyclic) bond motifs is 1. The molecule has 0 radical (unpaired) electrons. The fourth-order valence-corrected chi connectivity index (χ4v) is 5.66. The maximum absolute atomic E-state index is 13.4. The summed E-state index contributed by atoms with van der Waals surface area (Å²) >= 11 is 14.1. The van der Waals surface area contributed by atoms with E-state index in [2.05, 4.69) is 4.90 Å². The summed E-state index contributed by atoms with van der Waals surface area (Å²) in [7, 11) is 0. The lowest BCUT2D eigenvalue weighted by Gasteiger charge is -2.39. The normalized spacial score (nSPS) is 26.4. The summed E-state index contributed by atoms with van der Waals surface area (Å²) in [6.07, 6.45) is 2.72. The van der Waals surface area contributed by atoms with E-state index in [1.54, 1.807) is 12.1 Å². The minimum absolute atomic E-state index is 0.0144. The Morgan fingerprint density at radius 2 is 1.88 bits per heavy atom. The third kappa shape index (κ3) is 3.51. The van der Waals surface area contributed by atoms with Gasteiger partial charge in [-0.15, -0.1) is 0 Å². The predicted molar refractivity (Wildman–Crippen MR) is 107 cm³/mol. The van der Waals surface area contributed by atoms with Crippen molar-refractivity contribution in [3.05, 3.63) is 33.3 Å². The van der Waals surface area contributed by atoms with Gasteiger partial charge in [0.1, 0.15) is 0 Å². The summed E-state index contributed by atoms with van der Waals surface area (Å²) in [5.41, 5.74) is 1.30. The number of benzene rings is 1. The fraction of sp³-hybridized carbons (Fsp3) is 0.579. The molecular formula is C19H22Cl2N2O2S. The molecule has 0 N–H and O–H groups in total. The molecule has 1 aromatic carbocycles. The quantitative estimate of drug-likeness (QED) is 0.758. The molecule has 7 heteroatoms. The van der Waals surface area contributed by atoms with Crippen molar-refractivity contribution in [1.29, 1.82) is 0 Å². The van der Waals surface area contributed by atoms with E-state index in [1.165, 1.54) is 12.8 Å². The van der Waals surface area contributed by atoms with Crippen molar-refractivity contribution in [1.82, 2.24) is 9.80 Å². The van der Waals surface area contributed by atoms with E-state index < -0.39 is 5.92 Å². The lowest BCUT2D eigenvalue weighted by molar-refractivity contribution is -0.134. The topological polar surface area (TPSA) is 40.6 Å². The van der Waals surface area contributed by atoms with E-state index in [1.807, 2.05) is 16.7 Å². The van der Waals surface area contributed by atoms with Crippen LogP contribution in [-0.4, -0.2) is 65.2 Å². The van der Waals surface area contributed by atoms with Crippen molar-refractivity contribution in [2.24, 2.45) is 0 Å². The molecule has 2 atom stereocenters. The van der Waals surface area contributed by atoms with E-state index in [-0.39, 0.29) is 24.2 Å². The SMILES string of the molecule is O=C1CC(C(=O)N2CCSCC2CN2CCCC2)c2cc(Cl)c(Cl)cc21. The summed E-state index contributed by atoms with van der Waals surface area (Å²) in [5.74, 6) is 1.56. The van der Waals surface area contributed by atoms with Crippen LogP contribution in [0.15, 0.2) is 12.1 Å². The van der Waals surface area contributed by atoms with Crippen molar-refractivity contribution in [3.8, 4) is 0 Å². The Hall–Kier alpha value is -0.750. The summed E-state index contributed by atoms with van der Waals surface area (Å²) < 4.78 is 0. The highest BCUT2D eigenvalue weighted by molar-refractivity contribution is 7.99. The standard InChI is InChI=1S/C19H22Cl2N2O2S/c20-16-7-13-14(8-17(16)21)18(24)9-15(13)19(25)23-5-6-26-11-12(23)10-22-3-1-2-4-22/h7-8,12,15H,1-6,9-11H2. The van der Waals surface area contributed by atoms with Gasteiger partial charge in [-0.25, -0.2) is 0 Å². The van der Waals surface area contributed by atoms with Crippen LogP contribution in [0, 0.1) is 0 Å². The van der Waals surface area contributed by atoms with Crippen LogP contribution in [0.5, 0.6) is 0 Å². The highest BCUT2D eigenvalue weighted by Gasteiger charge is 2.40. The van der Waals surface area contributed by atoms with Crippen LogP contribution in [0.3, 0.4) is 0 Å². The van der Waals surface area contributed by atoms with Crippen molar-refractivity contribution >= 4 is 46.7 Å². The van der Waals surface area contributed by atoms with Gasteiger partial charge >= 0.3 is 0 Å². The van der Waals surface area contributed by atoms with Crippen LogP contribution in [0.25, 0.3) is 0 Å². The number of hydrogen-bond acceptors (Lipinski definition) is 4. The molecule has 1 amide bonds. The summed E-state index contributed by atoms with van der Waals surface area (Å²) in [6.45, 7) is 3.95. The van der Waals surface area contributed by atoms with Crippen LogP contribution >= 0.6 is 35.0 Å². The van der Waals surface area contributed by atoms with Crippen LogP contribution in [0.4, 0.5) is 0 Å². The predicted octanol–water partition coefficient (Wildman–Crippen LogP) is 3.70. The average molecular weight is 413 g/mol. The van der Waals surface area contributed by atoms with Gasteiger partial charge in [-0.2, -0.15) is 11.8 Å². The van der Waals surface area contributed by atoms with Gasteiger partial charge in [-0.3, -0.25) is 9.59 Å². The summed E-state index contributed by atoms with van der Waals surface area (Å²) in [6, 6.07) is 3.55. The molecule has 26 heavy (non-hydrogen) atoms. The van der Waals surface area contributed by atoms with E-state index in [0.717, 1.165) is 43.2 Å². The molecule has 140 valence electrons. The first-order chi connectivity index (χ1) is 12.5. The van der Waals surface area contributed by atoms with Gasteiger partial charge in [0, 0.05) is 36.6 Å². The molecule has 4 rings (SSSR count). The Bertz CT molecular complexity index is 736. The number of carbonyl (C=O) groups is 2. The molecule has 2 fully saturated rings. The van der Waals surface area contributed by atoms with Crippen molar-refractivity contribution in [2.75, 3.05) is 37.7 Å². The number of Topliss-reactive ketones (excluding diaryl/α,β-unsaturated/α-hetero) is 1. The number of carbonyl (C=O) groups excluding carboxylic acids is 2. The Labute approximate surface area is 168 Å². The molecular weight excluding hydrogens is 391 g/mol. The molecule has 2 saturated heterocycles. The van der Waals surface area contributed by atoms with Crippen LogP contribution < -0.4 is 0 Å². The number of nitrogens with zero attached hydrogens (tertiary/aromatic N) is 2. The molecule has 0 spiro atoms. The Morgan fingerprint density at radius 1 is 1.15 bits per heavy atom. The zero-order valence-electron chi connectivity index (χ0n) is 14.5. The molecule has 0 aromatic heterocycles. The first-order valence-corrected chi connectivity index (χ1v) is 11.1. The Morgan fingerprint density at radius 3 is 2.65 bits per heavy atom. The maximum atomic E-state index is 13.4. The third-order valence-electron chi connectivity index (χ3n) is 5.63. The van der Waals surface area contributed by atoms with E-state index in [9.17, 15) is 9.59 Å². The number of ketones is 1. The molecule has 3 aliphatic rings. The highest BCUT2D eigenvalue weighted by Crippen LogP contribution is 2.39. The van der Waals surface area contributed by atoms with Gasteiger partial charge in [-0.1, -0.05) is 23.2 Å². The van der Waals surface area contributed by atoms with Crippen LogP contribution in [-0.2, 0) is 4.79 Å². The second kappa shape index (κ2) is 7.70. The van der Waals surface area contributed by atoms with E-state index in [0.29, 0.717) is 15.6 Å². The first kappa shape index (κ1) is 18.6. The molecule has 1 aliphatic carbocycles. The first-order valence-electron chi connectivity index (χ1n) is 9.17. The molecule has 0 bridgehead atoms. The molecule has 1 aromatic rings. The van der Waals surface area contributed by atoms with Gasteiger partial charge in [-0.05, 0) is 43.6 Å². The smallest absolute Gasteiger partial charge is 0.230 e. The largest absolute Gasteiger partial charge is 0.336 e. The fourth-order valence-electron chi connectivity index (χ4n) is 4.28. The lowest BCUT2D eigenvalue weighted by atomic mass is 9.99. The summed E-state index contributed by atoms with van der Waals surface area (Å²) in [4.78, 5) is 30.2. The van der Waals surface area contributed by atoms with E-state index in [4.69, 9.17) is 23.2 Å². The lowest BCUT2D eigenvalue weighted by Crippen LogP contribution is -2.52. The average Bonchev–Trinajstić information content (AvgIpc) is 3.24. The minimum atomic E-state index is -0.420. The molecule has 2 aliphatic heterocycles. The van der Waals surface area contributed by atoms with Crippen LogP contribution in [0.2, 0.25) is 10.0 Å². The maximum Gasteiger partial charge on any atom is 0.230 e. The van der Waals surface area contributed by atoms with E-state index >= 15 is 0 Å². The Kier molecular flexibility index (Phi) is 5.51. The molecule has 4 nitrogen and oxygen atoms in total. The zero-order valence-corrected chi connectivity index (χ0v) is 16.9. The van der Waals surface area contributed by atoms with Gasteiger partial charge in [0.05, 0.1) is 22.0 Å². The van der Waals surface area contributed by atoms with Crippen molar-refractivity contribution in [3.63, 3.8) is 0 Å². The summed E-state index contributed by atoms with van der Waals surface area (Å²) in [5, 5.41) is 0.772. The zero-order chi connectivity index (χ0) is 18.3. The van der Waals surface area contributed by atoms with Crippen molar-refractivity contribution in [2.45, 2.75) is 31.2 Å². The van der Waals surface area contributed by atoms with Gasteiger partial charge in [0.15, 0.2) is 5.78 Å². The monoisotopic (exact) mass is 412 g/mol. The molecule has 2 unspecified atom stereocenters. The molecule has 2 heterocycles. The number of thioether (sulfide) groups is 1. The highest BCUT2D eigenvalue weighted by atomic mass is 35.5. The number of hydrogen-bond donors (Lipinski definition) is 0. The minimum Gasteiger partial charge on any atom is -0.336 e. The number of amides is 1. The number of rotatable bonds is 3. The number of halogens is 2. The second-order valence-electron chi connectivity index (χ2n) is 7.30. The van der Waals surface area contributed by atoms with Gasteiger partial charge < -0.3 is 9.80 Å². The van der Waals surface area contributed by atoms with Crippen LogP contribution in [0.1, 0.15) is 41.1 Å². The van der Waals surface area contributed by atoms with Gasteiger partial charge in [0.2, 0.25) is 5.91 Å². The third-order valence-corrected chi connectivity index (χ3v) is 7.45. The van der Waals surface area contributed by atoms with Gasteiger partial charge in [0.25, 0.3) is 0 Å². The van der Waals surface area contributed by atoms with Crippen molar-refractivity contribution < 1.29 is 9.59 Å². The Balaban J connectivity index is 1.56. The second-order valence-corrected chi connectivity index (χ2v) is 9.27. The molecule has 0 saturated carbocycles.